The number of benzene rings is 1. The Kier molecular flexibility index (Phi) is 5.58. The van der Waals surface area contributed by atoms with Gasteiger partial charge in [0.25, 0.3) is 0 Å². The summed E-state index contributed by atoms with van der Waals surface area (Å²) in [5, 5.41) is 1.28. The molecule has 1 fully saturated rings. The Balaban J connectivity index is 1.45. The molecule has 5 rings (SSSR count). The van der Waals surface area contributed by atoms with Gasteiger partial charge in [-0.3, -0.25) is 4.98 Å². The van der Waals surface area contributed by atoms with Crippen molar-refractivity contribution in [2.24, 2.45) is 0 Å². The molecule has 0 bridgehead atoms. The molecule has 0 saturated carbocycles. The second-order valence-corrected chi connectivity index (χ2v) is 10.9. The van der Waals surface area contributed by atoms with Gasteiger partial charge in [-0.15, -0.1) is 0 Å². The second kappa shape index (κ2) is 8.33. The summed E-state index contributed by atoms with van der Waals surface area (Å²) in [6.45, 7) is 14.1. The zero-order valence-corrected chi connectivity index (χ0v) is 21.1. The predicted octanol–water partition coefficient (Wildman–Crippen LogP) is 6.46. The number of amides is 1. The highest BCUT2D eigenvalue weighted by atomic mass is 16.6. The molecule has 6 nitrogen and oxygen atoms in total. The summed E-state index contributed by atoms with van der Waals surface area (Å²) in [7, 11) is 0. The Labute approximate surface area is 201 Å². The van der Waals surface area contributed by atoms with E-state index in [-0.39, 0.29) is 12.0 Å². The number of piperidine rings is 1. The van der Waals surface area contributed by atoms with Crippen molar-refractivity contribution in [2.45, 2.75) is 71.8 Å². The summed E-state index contributed by atoms with van der Waals surface area (Å²) in [5.41, 5.74) is 7.56. The quantitative estimate of drug-likeness (QED) is 0.452. The van der Waals surface area contributed by atoms with E-state index < -0.39 is 5.60 Å². The van der Waals surface area contributed by atoms with Crippen molar-refractivity contribution in [3.05, 3.63) is 46.8 Å². The number of hydrogen-bond donors (Lipinski definition) is 1. The van der Waals surface area contributed by atoms with Crippen LogP contribution in [0, 0.1) is 13.8 Å². The highest BCUT2D eigenvalue weighted by Gasteiger charge is 2.30. The van der Waals surface area contributed by atoms with Gasteiger partial charge >= 0.3 is 6.09 Å². The van der Waals surface area contributed by atoms with Crippen LogP contribution in [-0.2, 0) is 4.74 Å². The van der Waals surface area contributed by atoms with E-state index in [1.807, 2.05) is 39.5 Å². The van der Waals surface area contributed by atoms with Crippen molar-refractivity contribution in [2.75, 3.05) is 19.7 Å². The van der Waals surface area contributed by atoms with E-state index in [0.717, 1.165) is 59.8 Å². The maximum atomic E-state index is 12.5. The number of carbonyl (C=O) groups is 1. The monoisotopic (exact) mass is 461 g/mol. The minimum atomic E-state index is -0.461. The zero-order valence-electron chi connectivity index (χ0n) is 21.1. The lowest BCUT2D eigenvalue weighted by Crippen LogP contribution is -2.41. The van der Waals surface area contributed by atoms with Gasteiger partial charge in [0.1, 0.15) is 11.4 Å². The largest absolute Gasteiger partial charge is 0.490 e. The standard InChI is InChI=1S/C28H35N3O3/c1-16-15-33-26-18(3)29-17(2)13-22(26)25-24(16)21-14-20(7-8-23(21)30-25)19-9-11-31(12-10-19)27(32)34-28(4,5)6/h7-8,13-14,16,19,30H,9-12,15H2,1-6H3. The first-order chi connectivity index (χ1) is 16.1. The molecule has 2 aliphatic heterocycles. The van der Waals surface area contributed by atoms with E-state index in [1.54, 1.807) is 0 Å². The third kappa shape index (κ3) is 4.15. The SMILES string of the molecule is Cc1cc2c(c(C)n1)OCC(C)c1c-2[nH]c2ccc(C3CCN(C(=O)OC(C)(C)C)CC3)cc12. The highest BCUT2D eigenvalue weighted by molar-refractivity contribution is 5.93. The number of ether oxygens (including phenoxy) is 2. The van der Waals surface area contributed by atoms with Gasteiger partial charge in [-0.1, -0.05) is 13.0 Å². The first-order valence-corrected chi connectivity index (χ1v) is 12.4. The normalized spacial score (nSPS) is 18.8. The molecule has 2 aromatic heterocycles. The molecular formula is C28H35N3O3. The Morgan fingerprint density at radius 2 is 1.91 bits per heavy atom. The van der Waals surface area contributed by atoms with Crippen LogP contribution in [0.3, 0.4) is 0 Å². The van der Waals surface area contributed by atoms with Gasteiger partial charge in [0.2, 0.25) is 0 Å². The van der Waals surface area contributed by atoms with Gasteiger partial charge < -0.3 is 19.4 Å². The molecular weight excluding hydrogens is 426 g/mol. The average Bonchev–Trinajstić information content (AvgIpc) is 3.09. The minimum absolute atomic E-state index is 0.204. The maximum Gasteiger partial charge on any atom is 0.410 e. The van der Waals surface area contributed by atoms with Crippen molar-refractivity contribution in [1.29, 1.82) is 0 Å². The summed E-state index contributed by atoms with van der Waals surface area (Å²) >= 11 is 0. The van der Waals surface area contributed by atoms with Crippen LogP contribution in [0.1, 0.15) is 74.9 Å². The molecule has 6 heteroatoms. The van der Waals surface area contributed by atoms with Crippen LogP contribution >= 0.6 is 0 Å². The number of nitrogens with one attached hydrogen (secondary N) is 1. The number of pyridine rings is 1. The van der Waals surface area contributed by atoms with Crippen LogP contribution in [0.4, 0.5) is 4.79 Å². The van der Waals surface area contributed by atoms with Gasteiger partial charge in [-0.2, -0.15) is 0 Å². The molecule has 1 amide bonds. The number of likely N-dealkylation sites (tertiary alicyclic amines) is 1. The fourth-order valence-electron chi connectivity index (χ4n) is 5.41. The average molecular weight is 462 g/mol. The van der Waals surface area contributed by atoms with E-state index in [1.165, 1.54) is 16.5 Å². The molecule has 3 aromatic rings. The Morgan fingerprint density at radius 1 is 1.18 bits per heavy atom. The molecule has 1 N–H and O–H groups in total. The number of nitrogens with zero attached hydrogens (tertiary/aromatic N) is 2. The lowest BCUT2D eigenvalue weighted by Gasteiger charge is -2.33. The van der Waals surface area contributed by atoms with E-state index in [0.29, 0.717) is 12.5 Å². The van der Waals surface area contributed by atoms with Crippen molar-refractivity contribution in [1.82, 2.24) is 14.9 Å². The fraction of sp³-hybridized carbons (Fsp3) is 0.500. The van der Waals surface area contributed by atoms with Crippen LogP contribution < -0.4 is 4.74 Å². The van der Waals surface area contributed by atoms with Crippen molar-refractivity contribution in [3.8, 4) is 17.0 Å². The van der Waals surface area contributed by atoms with Gasteiger partial charge in [-0.05, 0) is 82.7 Å². The van der Waals surface area contributed by atoms with Gasteiger partial charge in [0.15, 0.2) is 0 Å². The zero-order chi connectivity index (χ0) is 24.2. The summed E-state index contributed by atoms with van der Waals surface area (Å²) < 4.78 is 11.8. The molecule has 0 aliphatic carbocycles. The Morgan fingerprint density at radius 3 is 2.62 bits per heavy atom. The molecule has 0 spiro atoms. The molecule has 1 unspecified atom stereocenters. The molecule has 1 saturated heterocycles. The second-order valence-electron chi connectivity index (χ2n) is 10.9. The first kappa shape index (κ1) is 22.8. The highest BCUT2D eigenvalue weighted by Crippen LogP contribution is 2.44. The summed E-state index contributed by atoms with van der Waals surface area (Å²) in [5.74, 6) is 1.59. The number of aromatic amines is 1. The van der Waals surface area contributed by atoms with Crippen LogP contribution in [0.15, 0.2) is 24.3 Å². The lowest BCUT2D eigenvalue weighted by atomic mass is 9.87. The van der Waals surface area contributed by atoms with Crippen molar-refractivity contribution < 1.29 is 14.3 Å². The first-order valence-electron chi connectivity index (χ1n) is 12.4. The van der Waals surface area contributed by atoms with Crippen LogP contribution in [-0.4, -0.2) is 46.3 Å². The van der Waals surface area contributed by atoms with Crippen molar-refractivity contribution >= 4 is 17.0 Å². The van der Waals surface area contributed by atoms with E-state index in [9.17, 15) is 4.79 Å². The molecule has 0 radical (unpaired) electrons. The predicted molar refractivity (Wildman–Crippen MR) is 135 cm³/mol. The smallest absolute Gasteiger partial charge is 0.410 e. The summed E-state index contributed by atoms with van der Waals surface area (Å²) in [4.78, 5) is 22.6. The molecule has 1 aromatic carbocycles. The van der Waals surface area contributed by atoms with Crippen LogP contribution in [0.2, 0.25) is 0 Å². The van der Waals surface area contributed by atoms with Gasteiger partial charge in [0, 0.05) is 41.2 Å². The Bertz CT molecular complexity index is 1250. The number of rotatable bonds is 1. The van der Waals surface area contributed by atoms with Crippen molar-refractivity contribution in [3.63, 3.8) is 0 Å². The number of fused-ring (bicyclic) bond motifs is 5. The summed E-state index contributed by atoms with van der Waals surface area (Å²) in [6.07, 6.45) is 1.69. The third-order valence-corrected chi connectivity index (χ3v) is 6.99. The van der Waals surface area contributed by atoms with E-state index >= 15 is 0 Å². The lowest BCUT2D eigenvalue weighted by molar-refractivity contribution is 0.0205. The molecule has 2 aliphatic rings. The van der Waals surface area contributed by atoms with Crippen LogP contribution in [0.25, 0.3) is 22.2 Å². The molecule has 4 heterocycles. The van der Waals surface area contributed by atoms with Gasteiger partial charge in [0.05, 0.1) is 18.0 Å². The van der Waals surface area contributed by atoms with E-state index in [4.69, 9.17) is 9.47 Å². The summed E-state index contributed by atoms with van der Waals surface area (Å²) in [6, 6.07) is 8.95. The van der Waals surface area contributed by atoms with Crippen LogP contribution in [0.5, 0.6) is 5.75 Å². The topological polar surface area (TPSA) is 67.5 Å². The molecule has 34 heavy (non-hydrogen) atoms. The fourth-order valence-corrected chi connectivity index (χ4v) is 5.41. The minimum Gasteiger partial charge on any atom is -0.490 e. The number of aryl methyl sites for hydroxylation is 2. The molecule has 180 valence electrons. The molecule has 1 atom stereocenters. The maximum absolute atomic E-state index is 12.5. The number of carbonyl (C=O) groups excluding carboxylic acids is 1. The number of hydrogen-bond acceptors (Lipinski definition) is 4. The third-order valence-electron chi connectivity index (χ3n) is 6.99. The number of aromatic nitrogens is 2. The Hall–Kier alpha value is -3.02. The number of H-pyrrole nitrogens is 1. The van der Waals surface area contributed by atoms with E-state index in [2.05, 4.69) is 41.2 Å². The van der Waals surface area contributed by atoms with Gasteiger partial charge in [-0.25, -0.2) is 4.79 Å².